The zero-order chi connectivity index (χ0) is 17.0. The maximum atomic E-state index is 14.3. The van der Waals surface area contributed by atoms with Crippen molar-refractivity contribution >= 4 is 23.1 Å². The predicted octanol–water partition coefficient (Wildman–Crippen LogP) is 4.84. The van der Waals surface area contributed by atoms with Crippen LogP contribution in [0.1, 0.15) is 31.7 Å². The zero-order valence-electron chi connectivity index (χ0n) is 14.2. The zero-order valence-corrected chi connectivity index (χ0v) is 15.1. The van der Waals surface area contributed by atoms with Crippen LogP contribution in [-0.4, -0.2) is 0 Å². The molecule has 0 saturated heterocycles. The maximum absolute atomic E-state index is 14.3. The van der Waals surface area contributed by atoms with Crippen LogP contribution in [0.15, 0.2) is 84.9 Å². The molecule has 24 heavy (non-hydrogen) atoms. The van der Waals surface area contributed by atoms with Gasteiger partial charge in [-0.3, -0.25) is 0 Å². The second-order valence-electron chi connectivity index (χ2n) is 6.18. The first kappa shape index (κ1) is 16.7. The summed E-state index contributed by atoms with van der Waals surface area (Å²) in [5.74, 6) is 0.463. The number of rotatable bonds is 5. The molecule has 0 spiro atoms. The standard InChI is InChI=1S/C22H23OP/c1-3-18(2)19-11-10-16-22(17-19)24(23,20-12-6-4-7-13-20)21-14-8-5-9-15-21/h4-18H,3H2,1-2H3. The summed E-state index contributed by atoms with van der Waals surface area (Å²) >= 11 is 0. The van der Waals surface area contributed by atoms with Gasteiger partial charge in [0.2, 0.25) is 0 Å². The molecule has 0 bridgehead atoms. The lowest BCUT2D eigenvalue weighted by molar-refractivity contribution is 0.592. The fourth-order valence-electron chi connectivity index (χ4n) is 2.99. The summed E-state index contributed by atoms with van der Waals surface area (Å²) in [6.07, 6.45) is 1.07. The van der Waals surface area contributed by atoms with Crippen molar-refractivity contribution in [1.82, 2.24) is 0 Å². The molecule has 0 saturated carbocycles. The molecule has 2 heteroatoms. The van der Waals surface area contributed by atoms with Crippen LogP contribution in [0.5, 0.6) is 0 Å². The fourth-order valence-corrected chi connectivity index (χ4v) is 5.69. The molecule has 3 rings (SSSR count). The van der Waals surface area contributed by atoms with Crippen LogP contribution < -0.4 is 15.9 Å². The van der Waals surface area contributed by atoms with E-state index in [4.69, 9.17) is 0 Å². The molecule has 0 fully saturated rings. The van der Waals surface area contributed by atoms with Gasteiger partial charge in [-0.2, -0.15) is 0 Å². The quantitative estimate of drug-likeness (QED) is 0.610. The summed E-state index contributed by atoms with van der Waals surface area (Å²) in [6, 6.07) is 28.0. The van der Waals surface area contributed by atoms with Crippen molar-refractivity contribution in [3.63, 3.8) is 0 Å². The van der Waals surface area contributed by atoms with E-state index in [0.717, 1.165) is 22.3 Å². The Labute approximate surface area is 144 Å². The van der Waals surface area contributed by atoms with E-state index in [1.165, 1.54) is 5.56 Å². The SMILES string of the molecule is CCC(C)c1cccc(P(=O)(c2ccccc2)c2ccccc2)c1. The molecule has 1 nitrogen and oxygen atoms in total. The van der Waals surface area contributed by atoms with Gasteiger partial charge in [0.15, 0.2) is 7.14 Å². The number of benzene rings is 3. The molecule has 1 unspecified atom stereocenters. The molecule has 0 amide bonds. The number of hydrogen-bond acceptors (Lipinski definition) is 1. The van der Waals surface area contributed by atoms with E-state index in [2.05, 4.69) is 26.0 Å². The monoisotopic (exact) mass is 334 g/mol. The van der Waals surface area contributed by atoms with Crippen molar-refractivity contribution in [3.05, 3.63) is 90.5 Å². The molecule has 1 atom stereocenters. The van der Waals surface area contributed by atoms with Gasteiger partial charge in [-0.1, -0.05) is 92.7 Å². The van der Waals surface area contributed by atoms with Crippen LogP contribution >= 0.6 is 7.14 Å². The summed E-state index contributed by atoms with van der Waals surface area (Å²) in [5, 5.41) is 2.69. The van der Waals surface area contributed by atoms with E-state index in [1.54, 1.807) is 0 Å². The lowest BCUT2D eigenvalue weighted by atomic mass is 9.99. The molecule has 0 heterocycles. The average molecular weight is 334 g/mol. The van der Waals surface area contributed by atoms with E-state index >= 15 is 0 Å². The van der Waals surface area contributed by atoms with Crippen molar-refractivity contribution in [2.75, 3.05) is 0 Å². The van der Waals surface area contributed by atoms with Crippen LogP contribution in [0.2, 0.25) is 0 Å². The van der Waals surface area contributed by atoms with Gasteiger partial charge >= 0.3 is 0 Å². The summed E-state index contributed by atoms with van der Waals surface area (Å²) < 4.78 is 14.3. The van der Waals surface area contributed by atoms with Gasteiger partial charge in [-0.05, 0) is 24.0 Å². The third-order valence-electron chi connectivity index (χ3n) is 4.65. The highest BCUT2D eigenvalue weighted by Gasteiger charge is 2.29. The van der Waals surface area contributed by atoms with Crippen LogP contribution in [0.3, 0.4) is 0 Å². The Hall–Kier alpha value is -2.11. The molecule has 0 aliphatic heterocycles. The summed E-state index contributed by atoms with van der Waals surface area (Å²) in [6.45, 7) is 4.40. The average Bonchev–Trinajstić information content (AvgIpc) is 2.68. The Balaban J connectivity index is 2.22. The third kappa shape index (κ3) is 3.09. The first-order valence-electron chi connectivity index (χ1n) is 8.48. The topological polar surface area (TPSA) is 17.1 Å². The second kappa shape index (κ2) is 7.20. The first-order chi connectivity index (χ1) is 11.7. The minimum atomic E-state index is -2.85. The van der Waals surface area contributed by atoms with Crippen LogP contribution in [-0.2, 0) is 4.57 Å². The van der Waals surface area contributed by atoms with E-state index in [0.29, 0.717) is 5.92 Å². The van der Waals surface area contributed by atoms with Gasteiger partial charge in [0.1, 0.15) is 0 Å². The summed E-state index contributed by atoms with van der Waals surface area (Å²) in [5.41, 5.74) is 1.25. The molecule has 0 radical (unpaired) electrons. The van der Waals surface area contributed by atoms with E-state index < -0.39 is 7.14 Å². The summed E-state index contributed by atoms with van der Waals surface area (Å²) in [7, 11) is -2.85. The Morgan fingerprint density at radius 1 is 0.750 bits per heavy atom. The first-order valence-corrected chi connectivity index (χ1v) is 10.2. The van der Waals surface area contributed by atoms with Gasteiger partial charge in [0, 0.05) is 15.9 Å². The van der Waals surface area contributed by atoms with Gasteiger partial charge < -0.3 is 4.57 Å². The van der Waals surface area contributed by atoms with E-state index in [9.17, 15) is 4.57 Å². The second-order valence-corrected chi connectivity index (χ2v) is 8.95. The highest BCUT2D eigenvalue weighted by molar-refractivity contribution is 7.85. The van der Waals surface area contributed by atoms with Crippen molar-refractivity contribution in [2.24, 2.45) is 0 Å². The van der Waals surface area contributed by atoms with Crippen molar-refractivity contribution in [1.29, 1.82) is 0 Å². The Morgan fingerprint density at radius 3 is 1.75 bits per heavy atom. The molecule has 0 N–H and O–H groups in total. The largest absolute Gasteiger partial charge is 0.309 e. The Kier molecular flexibility index (Phi) is 5.02. The lowest BCUT2D eigenvalue weighted by Gasteiger charge is -2.21. The highest BCUT2D eigenvalue weighted by Crippen LogP contribution is 2.42. The van der Waals surface area contributed by atoms with E-state index in [1.807, 2.05) is 72.8 Å². The molecule has 0 aromatic heterocycles. The van der Waals surface area contributed by atoms with Gasteiger partial charge in [-0.25, -0.2) is 0 Å². The van der Waals surface area contributed by atoms with Crippen LogP contribution in [0.4, 0.5) is 0 Å². The molecular formula is C22H23OP. The molecule has 122 valence electrons. The smallest absolute Gasteiger partial charge is 0.171 e. The normalized spacial score (nSPS) is 12.8. The fraction of sp³-hybridized carbons (Fsp3) is 0.182. The number of hydrogen-bond donors (Lipinski definition) is 0. The van der Waals surface area contributed by atoms with Gasteiger partial charge in [0.05, 0.1) is 0 Å². The van der Waals surface area contributed by atoms with E-state index in [-0.39, 0.29) is 0 Å². The van der Waals surface area contributed by atoms with Crippen molar-refractivity contribution in [3.8, 4) is 0 Å². The Bertz CT molecular complexity index is 797. The highest BCUT2D eigenvalue weighted by atomic mass is 31.2. The molecule has 3 aromatic rings. The van der Waals surface area contributed by atoms with Crippen LogP contribution in [0.25, 0.3) is 0 Å². The Morgan fingerprint density at radius 2 is 1.25 bits per heavy atom. The van der Waals surface area contributed by atoms with Crippen molar-refractivity contribution < 1.29 is 4.57 Å². The van der Waals surface area contributed by atoms with Crippen molar-refractivity contribution in [2.45, 2.75) is 26.2 Å². The summed E-state index contributed by atoms with van der Waals surface area (Å²) in [4.78, 5) is 0. The minimum Gasteiger partial charge on any atom is -0.309 e. The molecular weight excluding hydrogens is 311 g/mol. The third-order valence-corrected chi connectivity index (χ3v) is 7.71. The predicted molar refractivity (Wildman–Crippen MR) is 105 cm³/mol. The minimum absolute atomic E-state index is 0.463. The molecule has 0 aliphatic carbocycles. The maximum Gasteiger partial charge on any atom is 0.171 e. The van der Waals surface area contributed by atoms with Crippen LogP contribution in [0, 0.1) is 0 Å². The molecule has 0 aliphatic rings. The lowest BCUT2D eigenvalue weighted by Crippen LogP contribution is -2.25. The van der Waals surface area contributed by atoms with Gasteiger partial charge in [-0.15, -0.1) is 0 Å². The molecule has 3 aromatic carbocycles. The van der Waals surface area contributed by atoms with Gasteiger partial charge in [0.25, 0.3) is 0 Å².